The minimum absolute atomic E-state index is 0.0861. The Labute approximate surface area is 129 Å². The molecule has 0 bridgehead atoms. The van der Waals surface area contributed by atoms with Crippen LogP contribution < -0.4 is 5.32 Å². The first kappa shape index (κ1) is 15.6. The number of thioether (sulfide) groups is 1. The van der Waals surface area contributed by atoms with Crippen molar-refractivity contribution >= 4 is 23.5 Å². The van der Waals surface area contributed by atoms with Crippen LogP contribution in [0.3, 0.4) is 0 Å². The van der Waals surface area contributed by atoms with Crippen LogP contribution in [0.4, 0.5) is 5.82 Å². The average molecular weight is 304 g/mol. The molecule has 0 spiro atoms. The van der Waals surface area contributed by atoms with E-state index < -0.39 is 0 Å². The lowest BCUT2D eigenvalue weighted by Gasteiger charge is -2.12. The van der Waals surface area contributed by atoms with Crippen molar-refractivity contribution in [2.24, 2.45) is 0 Å². The number of nitrogens with zero attached hydrogens (tertiary/aromatic N) is 1. The van der Waals surface area contributed by atoms with E-state index in [1.165, 1.54) is 17.3 Å². The van der Waals surface area contributed by atoms with Crippen molar-refractivity contribution in [3.63, 3.8) is 0 Å². The van der Waals surface area contributed by atoms with Gasteiger partial charge >= 0.3 is 0 Å². The summed E-state index contributed by atoms with van der Waals surface area (Å²) in [5, 5.41) is 6.64. The Bertz CT molecular complexity index is 629. The molecule has 1 aromatic carbocycles. The smallest absolute Gasteiger partial charge is 0.235 e. The van der Waals surface area contributed by atoms with E-state index in [9.17, 15) is 4.79 Å². The van der Waals surface area contributed by atoms with Gasteiger partial charge in [-0.25, -0.2) is 0 Å². The molecule has 0 aliphatic rings. The molecule has 1 aromatic heterocycles. The number of benzene rings is 1. The first-order valence-corrected chi connectivity index (χ1v) is 7.80. The van der Waals surface area contributed by atoms with E-state index in [0.717, 1.165) is 10.7 Å². The number of rotatable bonds is 4. The Hall–Kier alpha value is -1.75. The number of carbonyl (C=O) groups excluding carboxylic acids is 1. The predicted octanol–water partition coefficient (Wildman–Crippen LogP) is 4.01. The van der Waals surface area contributed by atoms with Crippen LogP contribution in [0.1, 0.15) is 32.1 Å². The van der Waals surface area contributed by atoms with Crippen molar-refractivity contribution in [1.82, 2.24) is 5.16 Å². The fourth-order valence-electron chi connectivity index (χ4n) is 1.73. The summed E-state index contributed by atoms with van der Waals surface area (Å²) < 4.78 is 5.24. The standard InChI is InChI=1S/C16H20N2O2S/c1-11-7-5-6-8-12(11)21-10-15(19)17-14-9-13(20-18-14)16(2,3)4/h5-9H,10H2,1-4H3,(H,17,18,19). The molecular formula is C16H20N2O2S. The van der Waals surface area contributed by atoms with Crippen molar-refractivity contribution in [2.75, 3.05) is 11.1 Å². The molecule has 0 unspecified atom stereocenters. The summed E-state index contributed by atoms with van der Waals surface area (Å²) in [5.41, 5.74) is 1.05. The molecule has 4 nitrogen and oxygen atoms in total. The van der Waals surface area contributed by atoms with Crippen LogP contribution in [0.5, 0.6) is 0 Å². The number of carbonyl (C=O) groups is 1. The summed E-state index contributed by atoms with van der Waals surface area (Å²) in [6, 6.07) is 9.79. The number of aryl methyl sites for hydroxylation is 1. The largest absolute Gasteiger partial charge is 0.359 e. The van der Waals surface area contributed by atoms with Gasteiger partial charge in [0.15, 0.2) is 5.82 Å². The van der Waals surface area contributed by atoms with Crippen molar-refractivity contribution in [3.8, 4) is 0 Å². The van der Waals surface area contributed by atoms with Crippen molar-refractivity contribution in [3.05, 3.63) is 41.7 Å². The summed E-state index contributed by atoms with van der Waals surface area (Å²) in [6.45, 7) is 8.14. The zero-order valence-corrected chi connectivity index (χ0v) is 13.6. The van der Waals surface area contributed by atoms with E-state index in [1.54, 1.807) is 6.07 Å². The highest BCUT2D eigenvalue weighted by Crippen LogP contribution is 2.25. The fraction of sp³-hybridized carbons (Fsp3) is 0.375. The lowest BCUT2D eigenvalue weighted by Crippen LogP contribution is -2.14. The minimum Gasteiger partial charge on any atom is -0.359 e. The quantitative estimate of drug-likeness (QED) is 0.867. The number of aromatic nitrogens is 1. The van der Waals surface area contributed by atoms with Gasteiger partial charge in [-0.05, 0) is 18.6 Å². The normalized spacial score (nSPS) is 11.4. The minimum atomic E-state index is -0.119. The summed E-state index contributed by atoms with van der Waals surface area (Å²) in [6.07, 6.45) is 0. The predicted molar refractivity (Wildman–Crippen MR) is 85.7 cm³/mol. The Morgan fingerprint density at radius 1 is 1.33 bits per heavy atom. The highest BCUT2D eigenvalue weighted by Gasteiger charge is 2.20. The molecule has 1 N–H and O–H groups in total. The third-order valence-corrected chi connectivity index (χ3v) is 4.14. The van der Waals surface area contributed by atoms with Crippen LogP contribution in [0.15, 0.2) is 39.8 Å². The van der Waals surface area contributed by atoms with Crippen LogP contribution in [0.2, 0.25) is 0 Å². The molecule has 0 aliphatic heterocycles. The van der Waals surface area contributed by atoms with Gasteiger partial charge in [0.05, 0.1) is 5.75 Å². The highest BCUT2D eigenvalue weighted by molar-refractivity contribution is 8.00. The second kappa shape index (κ2) is 6.35. The number of nitrogens with one attached hydrogen (secondary N) is 1. The van der Waals surface area contributed by atoms with E-state index in [4.69, 9.17) is 4.52 Å². The number of hydrogen-bond donors (Lipinski definition) is 1. The maximum Gasteiger partial charge on any atom is 0.235 e. The molecule has 5 heteroatoms. The van der Waals surface area contributed by atoms with E-state index in [2.05, 4.69) is 10.5 Å². The van der Waals surface area contributed by atoms with E-state index >= 15 is 0 Å². The number of hydrogen-bond acceptors (Lipinski definition) is 4. The molecule has 21 heavy (non-hydrogen) atoms. The molecular weight excluding hydrogens is 284 g/mol. The SMILES string of the molecule is Cc1ccccc1SCC(=O)Nc1cc(C(C)(C)C)on1. The van der Waals surface area contributed by atoms with Crippen molar-refractivity contribution in [1.29, 1.82) is 0 Å². The van der Waals surface area contributed by atoms with Gasteiger partial charge in [0, 0.05) is 16.4 Å². The molecule has 0 fully saturated rings. The van der Waals surface area contributed by atoms with E-state index in [-0.39, 0.29) is 11.3 Å². The Morgan fingerprint density at radius 3 is 2.67 bits per heavy atom. The summed E-state index contributed by atoms with van der Waals surface area (Å²) in [7, 11) is 0. The molecule has 1 amide bonds. The average Bonchev–Trinajstić information content (AvgIpc) is 2.86. The third kappa shape index (κ3) is 4.36. The van der Waals surface area contributed by atoms with Gasteiger partial charge in [-0.15, -0.1) is 11.8 Å². The second-order valence-corrected chi connectivity index (χ2v) is 6.95. The highest BCUT2D eigenvalue weighted by atomic mass is 32.2. The maximum atomic E-state index is 11.9. The molecule has 1 heterocycles. The van der Waals surface area contributed by atoms with Gasteiger partial charge in [-0.2, -0.15) is 0 Å². The first-order chi connectivity index (χ1) is 9.86. The zero-order chi connectivity index (χ0) is 15.5. The lowest BCUT2D eigenvalue weighted by molar-refractivity contribution is -0.113. The van der Waals surface area contributed by atoms with Gasteiger partial charge in [0.2, 0.25) is 5.91 Å². The molecule has 2 aromatic rings. The van der Waals surface area contributed by atoms with Gasteiger partial charge in [-0.1, -0.05) is 44.1 Å². The lowest BCUT2D eigenvalue weighted by atomic mass is 9.93. The van der Waals surface area contributed by atoms with Gasteiger partial charge in [-0.3, -0.25) is 4.79 Å². The zero-order valence-electron chi connectivity index (χ0n) is 12.8. The van der Waals surface area contributed by atoms with Crippen molar-refractivity contribution < 1.29 is 9.32 Å². The second-order valence-electron chi connectivity index (χ2n) is 5.93. The maximum absolute atomic E-state index is 11.9. The van der Waals surface area contributed by atoms with Crippen molar-refractivity contribution in [2.45, 2.75) is 38.0 Å². The van der Waals surface area contributed by atoms with E-state index in [0.29, 0.717) is 11.6 Å². The molecule has 2 rings (SSSR count). The Balaban J connectivity index is 1.90. The van der Waals surface area contributed by atoms with Gasteiger partial charge in [0.25, 0.3) is 0 Å². The molecule has 112 valence electrons. The van der Waals surface area contributed by atoms with Gasteiger partial charge in [0.1, 0.15) is 5.76 Å². The Kier molecular flexibility index (Phi) is 4.73. The number of anilines is 1. The summed E-state index contributed by atoms with van der Waals surface area (Å²) >= 11 is 1.52. The van der Waals surface area contributed by atoms with Crippen LogP contribution in [-0.2, 0) is 10.2 Å². The fourth-order valence-corrected chi connectivity index (χ4v) is 2.56. The van der Waals surface area contributed by atoms with Crippen LogP contribution in [0, 0.1) is 6.92 Å². The summed E-state index contributed by atoms with van der Waals surface area (Å²) in [4.78, 5) is 13.1. The van der Waals surface area contributed by atoms with Crippen LogP contribution in [-0.4, -0.2) is 16.8 Å². The van der Waals surface area contributed by atoms with E-state index in [1.807, 2.05) is 52.0 Å². The topological polar surface area (TPSA) is 55.1 Å². The number of amides is 1. The molecule has 0 radical (unpaired) electrons. The molecule has 0 saturated carbocycles. The summed E-state index contributed by atoms with van der Waals surface area (Å²) in [5.74, 6) is 1.49. The van der Waals surface area contributed by atoms with Gasteiger partial charge < -0.3 is 9.84 Å². The van der Waals surface area contributed by atoms with Crippen LogP contribution >= 0.6 is 11.8 Å². The molecule has 0 saturated heterocycles. The molecule has 0 aliphatic carbocycles. The Morgan fingerprint density at radius 2 is 2.05 bits per heavy atom. The third-order valence-electron chi connectivity index (χ3n) is 2.97. The monoisotopic (exact) mass is 304 g/mol. The molecule has 0 atom stereocenters. The van der Waals surface area contributed by atoms with Crippen LogP contribution in [0.25, 0.3) is 0 Å². The first-order valence-electron chi connectivity index (χ1n) is 6.82.